The lowest BCUT2D eigenvalue weighted by molar-refractivity contribution is 0.0689. The van der Waals surface area contributed by atoms with Gasteiger partial charge in [0.05, 0.1) is 16.7 Å². The van der Waals surface area contributed by atoms with Crippen molar-refractivity contribution in [2.75, 3.05) is 6.54 Å². The van der Waals surface area contributed by atoms with Gasteiger partial charge in [-0.1, -0.05) is 30.7 Å². The molecule has 0 fully saturated rings. The quantitative estimate of drug-likeness (QED) is 0.758. The molecule has 0 atom stereocenters. The Morgan fingerprint density at radius 1 is 1.12 bits per heavy atom. The Labute approximate surface area is 151 Å². The molecule has 3 rings (SSSR count). The number of hydrogen-bond acceptors (Lipinski definition) is 4. The molecule has 0 unspecified atom stereocenters. The van der Waals surface area contributed by atoms with Crippen LogP contribution in [0.4, 0.5) is 0 Å². The molecule has 0 amide bonds. The molecular weight excluding hydrogens is 362 g/mol. The van der Waals surface area contributed by atoms with Gasteiger partial charge >= 0.3 is 5.97 Å². The van der Waals surface area contributed by atoms with Crippen molar-refractivity contribution in [2.24, 2.45) is 0 Å². The number of benzene rings is 2. The maximum absolute atomic E-state index is 12.7. The van der Waals surface area contributed by atoms with Gasteiger partial charge in [0.1, 0.15) is 0 Å². The predicted molar refractivity (Wildman–Crippen MR) is 95.5 cm³/mol. The first-order valence-electron chi connectivity index (χ1n) is 7.74. The van der Waals surface area contributed by atoms with Crippen LogP contribution in [-0.4, -0.2) is 25.2 Å². The molecule has 7 heteroatoms. The Bertz CT molecular complexity index is 936. The summed E-state index contributed by atoms with van der Waals surface area (Å²) in [6, 6.07) is 12.8. The molecule has 0 aromatic heterocycles. The van der Waals surface area contributed by atoms with Gasteiger partial charge in [-0.15, -0.1) is 0 Å². The fourth-order valence-electron chi connectivity index (χ4n) is 2.52. The highest BCUT2D eigenvalue weighted by Crippen LogP contribution is 2.33. The molecule has 1 heterocycles. The van der Waals surface area contributed by atoms with E-state index in [0.29, 0.717) is 29.1 Å². The summed E-state index contributed by atoms with van der Waals surface area (Å²) < 4.78 is 32.0. The summed E-state index contributed by atoms with van der Waals surface area (Å²) in [5.41, 5.74) is 0.704. The Morgan fingerprint density at radius 3 is 2.48 bits per heavy atom. The Balaban J connectivity index is 1.99. The van der Waals surface area contributed by atoms with Crippen molar-refractivity contribution in [1.29, 1.82) is 0 Å². The Hall–Kier alpha value is -2.31. The zero-order valence-corrected chi connectivity index (χ0v) is 15.0. The number of halogens is 1. The van der Waals surface area contributed by atoms with Gasteiger partial charge in [-0.05, 0) is 42.8 Å². The second kappa shape index (κ2) is 6.90. The second-order valence-corrected chi connectivity index (χ2v) is 7.80. The number of rotatable bonds is 4. The summed E-state index contributed by atoms with van der Waals surface area (Å²) >= 11 is 5.82. The maximum atomic E-state index is 12.7. The number of sulfonamides is 1. The molecule has 2 aromatic carbocycles. The van der Waals surface area contributed by atoms with Crippen molar-refractivity contribution in [3.05, 3.63) is 70.9 Å². The average Bonchev–Trinajstić information content (AvgIpc) is 2.60. The van der Waals surface area contributed by atoms with E-state index in [4.69, 9.17) is 16.3 Å². The standard InChI is InChI=1S/C18H16ClNO4S/c1-2-11-20-12-16(15-5-3-4-6-17(15)25(20,22)23)24-18(21)13-7-9-14(19)10-8-13/h3-10,12H,2,11H2,1H3. The van der Waals surface area contributed by atoms with Crippen molar-refractivity contribution in [1.82, 2.24) is 4.31 Å². The molecule has 0 saturated heterocycles. The summed E-state index contributed by atoms with van der Waals surface area (Å²) in [5, 5.41) is 0.513. The van der Waals surface area contributed by atoms with E-state index in [9.17, 15) is 13.2 Å². The molecule has 2 aromatic rings. The van der Waals surface area contributed by atoms with Gasteiger partial charge < -0.3 is 4.74 Å². The first-order chi connectivity index (χ1) is 11.9. The number of ether oxygens (including phenoxy) is 1. The first kappa shape index (κ1) is 17.5. The van der Waals surface area contributed by atoms with Gasteiger partial charge in [0.25, 0.3) is 10.0 Å². The summed E-state index contributed by atoms with van der Waals surface area (Å²) in [6.45, 7) is 2.18. The van der Waals surface area contributed by atoms with Crippen LogP contribution in [0.1, 0.15) is 29.3 Å². The van der Waals surface area contributed by atoms with Crippen LogP contribution in [0.2, 0.25) is 5.02 Å². The molecule has 0 bridgehead atoms. The van der Waals surface area contributed by atoms with Crippen LogP contribution in [0.5, 0.6) is 0 Å². The van der Waals surface area contributed by atoms with Gasteiger partial charge in [-0.25, -0.2) is 13.2 Å². The highest BCUT2D eigenvalue weighted by molar-refractivity contribution is 7.89. The van der Waals surface area contributed by atoms with Crippen molar-refractivity contribution in [3.63, 3.8) is 0 Å². The molecule has 5 nitrogen and oxygen atoms in total. The lowest BCUT2D eigenvalue weighted by Gasteiger charge is -2.27. The van der Waals surface area contributed by atoms with E-state index in [-0.39, 0.29) is 10.7 Å². The third kappa shape index (κ3) is 3.41. The SMILES string of the molecule is CCCN1C=C(OC(=O)c2ccc(Cl)cc2)c2ccccc2S1(=O)=O. The normalized spacial score (nSPS) is 15.3. The van der Waals surface area contributed by atoms with E-state index in [2.05, 4.69) is 0 Å². The second-order valence-electron chi connectivity index (χ2n) is 5.50. The molecule has 130 valence electrons. The van der Waals surface area contributed by atoms with E-state index in [1.54, 1.807) is 42.5 Å². The maximum Gasteiger partial charge on any atom is 0.343 e. The molecule has 0 saturated carbocycles. The van der Waals surface area contributed by atoms with Gasteiger partial charge in [-0.2, -0.15) is 0 Å². The van der Waals surface area contributed by atoms with E-state index in [1.807, 2.05) is 6.92 Å². The van der Waals surface area contributed by atoms with Crippen molar-refractivity contribution in [2.45, 2.75) is 18.2 Å². The first-order valence-corrected chi connectivity index (χ1v) is 9.56. The molecule has 0 N–H and O–H groups in total. The number of nitrogens with zero attached hydrogens (tertiary/aromatic N) is 1. The van der Waals surface area contributed by atoms with Crippen LogP contribution in [0, 0.1) is 0 Å². The lowest BCUT2D eigenvalue weighted by Crippen LogP contribution is -2.31. The molecular formula is C18H16ClNO4S. The topological polar surface area (TPSA) is 63.7 Å². The Kier molecular flexibility index (Phi) is 4.83. The van der Waals surface area contributed by atoms with Crippen LogP contribution in [0.25, 0.3) is 5.76 Å². The fraction of sp³-hybridized carbons (Fsp3) is 0.167. The minimum absolute atomic E-state index is 0.129. The zero-order valence-electron chi connectivity index (χ0n) is 13.5. The van der Waals surface area contributed by atoms with Crippen LogP contribution in [0.3, 0.4) is 0 Å². The van der Waals surface area contributed by atoms with E-state index < -0.39 is 16.0 Å². The van der Waals surface area contributed by atoms with Gasteiger partial charge in [0.15, 0.2) is 5.76 Å². The van der Waals surface area contributed by atoms with E-state index in [1.165, 1.54) is 16.6 Å². The van der Waals surface area contributed by atoms with Crippen molar-refractivity contribution >= 4 is 33.4 Å². The smallest absolute Gasteiger partial charge is 0.343 e. The minimum Gasteiger partial charge on any atom is -0.421 e. The predicted octanol–water partition coefficient (Wildman–Crippen LogP) is 3.91. The van der Waals surface area contributed by atoms with E-state index in [0.717, 1.165) is 0 Å². The molecule has 0 spiro atoms. The van der Waals surface area contributed by atoms with Crippen LogP contribution in [0.15, 0.2) is 59.6 Å². The van der Waals surface area contributed by atoms with E-state index >= 15 is 0 Å². The molecule has 1 aliphatic heterocycles. The number of fused-ring (bicyclic) bond motifs is 1. The third-order valence-electron chi connectivity index (χ3n) is 3.73. The molecule has 0 radical (unpaired) electrons. The fourth-order valence-corrected chi connectivity index (χ4v) is 4.26. The number of carbonyl (C=O) groups is 1. The third-order valence-corrected chi connectivity index (χ3v) is 5.80. The summed E-state index contributed by atoms with van der Waals surface area (Å²) in [4.78, 5) is 12.5. The summed E-state index contributed by atoms with van der Waals surface area (Å²) in [6.07, 6.45) is 2.01. The zero-order chi connectivity index (χ0) is 18.0. The summed E-state index contributed by atoms with van der Waals surface area (Å²) in [5.74, 6) is -0.368. The largest absolute Gasteiger partial charge is 0.421 e. The van der Waals surface area contributed by atoms with Gasteiger partial charge in [0, 0.05) is 17.1 Å². The monoisotopic (exact) mass is 377 g/mol. The number of carbonyl (C=O) groups excluding carboxylic acids is 1. The van der Waals surface area contributed by atoms with Gasteiger partial charge in [0.2, 0.25) is 0 Å². The summed E-state index contributed by atoms with van der Waals surface area (Å²) in [7, 11) is -3.64. The van der Waals surface area contributed by atoms with Crippen LogP contribution >= 0.6 is 11.6 Å². The Morgan fingerprint density at radius 2 is 1.80 bits per heavy atom. The average molecular weight is 378 g/mol. The number of hydrogen-bond donors (Lipinski definition) is 0. The van der Waals surface area contributed by atoms with Crippen molar-refractivity contribution < 1.29 is 17.9 Å². The minimum atomic E-state index is -3.64. The number of esters is 1. The van der Waals surface area contributed by atoms with Crippen LogP contribution in [-0.2, 0) is 14.8 Å². The van der Waals surface area contributed by atoms with Crippen molar-refractivity contribution in [3.8, 4) is 0 Å². The van der Waals surface area contributed by atoms with Crippen LogP contribution < -0.4 is 0 Å². The van der Waals surface area contributed by atoms with Gasteiger partial charge in [-0.3, -0.25) is 4.31 Å². The molecule has 25 heavy (non-hydrogen) atoms. The highest BCUT2D eigenvalue weighted by Gasteiger charge is 2.32. The molecule has 0 aliphatic carbocycles. The molecule has 1 aliphatic rings. The lowest BCUT2D eigenvalue weighted by atomic mass is 10.2. The highest BCUT2D eigenvalue weighted by atomic mass is 35.5.